The van der Waals surface area contributed by atoms with Gasteiger partial charge in [-0.15, -0.1) is 12.4 Å². The van der Waals surface area contributed by atoms with Crippen molar-refractivity contribution in [3.05, 3.63) is 28.8 Å². The van der Waals surface area contributed by atoms with Gasteiger partial charge >= 0.3 is 6.03 Å². The zero-order chi connectivity index (χ0) is 13.1. The number of aryl methyl sites for hydroxylation is 1. The summed E-state index contributed by atoms with van der Waals surface area (Å²) in [4.78, 5) is 11.8. The minimum atomic E-state index is -0.553. The van der Waals surface area contributed by atoms with Gasteiger partial charge in [-0.1, -0.05) is 23.7 Å². The van der Waals surface area contributed by atoms with E-state index in [-0.39, 0.29) is 24.5 Å². The van der Waals surface area contributed by atoms with E-state index in [1.54, 1.807) is 6.07 Å². The average Bonchev–Trinajstić information content (AvgIpc) is 2.70. The number of amides is 2. The zero-order valence-electron chi connectivity index (χ0n) is 10.4. The lowest BCUT2D eigenvalue weighted by Crippen LogP contribution is -2.44. The summed E-state index contributed by atoms with van der Waals surface area (Å²) in [5.74, 6) is 0. The summed E-state index contributed by atoms with van der Waals surface area (Å²) in [7, 11) is 0. The third-order valence-corrected chi connectivity index (χ3v) is 3.27. The molecule has 1 heterocycles. The normalized spacial score (nSPS) is 21.6. The Bertz CT molecular complexity index is 436. The highest BCUT2D eigenvalue weighted by Crippen LogP contribution is 2.24. The second-order valence-corrected chi connectivity index (χ2v) is 4.77. The lowest BCUT2D eigenvalue weighted by molar-refractivity contribution is 0.164. The number of benzene rings is 1. The van der Waals surface area contributed by atoms with E-state index in [2.05, 4.69) is 16.0 Å². The maximum Gasteiger partial charge on any atom is 0.319 e. The summed E-state index contributed by atoms with van der Waals surface area (Å²) >= 11 is 6.01. The van der Waals surface area contributed by atoms with Gasteiger partial charge in [-0.25, -0.2) is 4.79 Å². The molecule has 7 heteroatoms. The third kappa shape index (κ3) is 3.98. The van der Waals surface area contributed by atoms with E-state index in [1.165, 1.54) is 0 Å². The molecular formula is C12H17Cl2N3O2. The minimum Gasteiger partial charge on any atom is -0.390 e. The number of halogens is 2. The van der Waals surface area contributed by atoms with Crippen molar-refractivity contribution in [1.29, 1.82) is 0 Å². The fourth-order valence-electron chi connectivity index (χ4n) is 1.92. The summed E-state index contributed by atoms with van der Waals surface area (Å²) in [6.07, 6.45) is -0.553. The lowest BCUT2D eigenvalue weighted by atomic mass is 10.2. The van der Waals surface area contributed by atoms with Gasteiger partial charge in [0.05, 0.1) is 22.9 Å². The standard InChI is InChI=1S/C12H16ClN3O2.ClH/c1-7-3-2-4-8(13)11(7)16-12(18)15-9-5-14-6-10(9)17;/h2-4,9-10,14,17H,5-6H2,1H3,(H2,15,16,18);1H/t9-,10-;/m1./s1. The first-order chi connectivity index (χ1) is 8.58. The van der Waals surface area contributed by atoms with Gasteiger partial charge < -0.3 is 21.1 Å². The summed E-state index contributed by atoms with van der Waals surface area (Å²) < 4.78 is 0. The van der Waals surface area contributed by atoms with Crippen molar-refractivity contribution in [1.82, 2.24) is 10.6 Å². The molecule has 2 rings (SSSR count). The van der Waals surface area contributed by atoms with E-state index in [0.29, 0.717) is 23.8 Å². The highest BCUT2D eigenvalue weighted by atomic mass is 35.5. The fourth-order valence-corrected chi connectivity index (χ4v) is 2.19. The number of aliphatic hydroxyl groups is 1. The highest BCUT2D eigenvalue weighted by Gasteiger charge is 2.26. The number of para-hydroxylation sites is 1. The van der Waals surface area contributed by atoms with Crippen molar-refractivity contribution in [3.63, 3.8) is 0 Å². The Labute approximate surface area is 123 Å². The average molecular weight is 306 g/mol. The zero-order valence-corrected chi connectivity index (χ0v) is 12.0. The van der Waals surface area contributed by atoms with Crippen LogP contribution in [0.25, 0.3) is 0 Å². The van der Waals surface area contributed by atoms with Gasteiger partial charge in [-0.2, -0.15) is 0 Å². The van der Waals surface area contributed by atoms with Crippen LogP contribution < -0.4 is 16.0 Å². The molecule has 1 saturated heterocycles. The molecule has 0 aliphatic carbocycles. The number of nitrogens with one attached hydrogen (secondary N) is 3. The van der Waals surface area contributed by atoms with Crippen LogP contribution >= 0.6 is 24.0 Å². The Hall–Kier alpha value is -1.01. The van der Waals surface area contributed by atoms with Crippen molar-refractivity contribution >= 4 is 35.7 Å². The SMILES string of the molecule is Cc1cccc(Cl)c1NC(=O)N[C@@H]1CNC[C@H]1O.Cl. The van der Waals surface area contributed by atoms with Crippen molar-refractivity contribution in [2.75, 3.05) is 18.4 Å². The summed E-state index contributed by atoms with van der Waals surface area (Å²) in [5, 5.41) is 18.5. The number of anilines is 1. The van der Waals surface area contributed by atoms with Crippen molar-refractivity contribution in [2.45, 2.75) is 19.1 Å². The number of aliphatic hydroxyl groups excluding tert-OH is 1. The van der Waals surface area contributed by atoms with E-state index in [4.69, 9.17) is 11.6 Å². The molecule has 1 fully saturated rings. The maximum absolute atomic E-state index is 11.8. The van der Waals surface area contributed by atoms with Crippen LogP contribution in [0.5, 0.6) is 0 Å². The Kier molecular flexibility index (Phi) is 5.87. The number of carbonyl (C=O) groups excluding carboxylic acids is 1. The van der Waals surface area contributed by atoms with Gasteiger partial charge in [-0.3, -0.25) is 0 Å². The number of carbonyl (C=O) groups is 1. The lowest BCUT2D eigenvalue weighted by Gasteiger charge is -2.17. The molecule has 0 radical (unpaired) electrons. The molecule has 5 nitrogen and oxygen atoms in total. The molecule has 1 aliphatic rings. The Morgan fingerprint density at radius 1 is 1.47 bits per heavy atom. The van der Waals surface area contributed by atoms with E-state index < -0.39 is 6.10 Å². The topological polar surface area (TPSA) is 73.4 Å². The van der Waals surface area contributed by atoms with Gasteiger partial charge in [0.25, 0.3) is 0 Å². The largest absolute Gasteiger partial charge is 0.390 e. The van der Waals surface area contributed by atoms with Crippen LogP contribution in [-0.4, -0.2) is 36.4 Å². The predicted molar refractivity (Wildman–Crippen MR) is 78.3 cm³/mol. The number of hydrogen-bond donors (Lipinski definition) is 4. The fraction of sp³-hybridized carbons (Fsp3) is 0.417. The van der Waals surface area contributed by atoms with Gasteiger partial charge in [0.15, 0.2) is 0 Å². The van der Waals surface area contributed by atoms with Crippen LogP contribution in [0.3, 0.4) is 0 Å². The molecule has 4 N–H and O–H groups in total. The van der Waals surface area contributed by atoms with Gasteiger partial charge in [0, 0.05) is 13.1 Å². The molecule has 1 aliphatic heterocycles. The van der Waals surface area contributed by atoms with Crippen LogP contribution in [0, 0.1) is 6.92 Å². The van der Waals surface area contributed by atoms with Gasteiger partial charge in [-0.05, 0) is 18.6 Å². The summed E-state index contributed by atoms with van der Waals surface area (Å²) in [6, 6.07) is 4.78. The maximum atomic E-state index is 11.8. The van der Waals surface area contributed by atoms with Crippen LogP contribution in [0.4, 0.5) is 10.5 Å². The second kappa shape index (κ2) is 6.96. The smallest absolute Gasteiger partial charge is 0.319 e. The molecule has 106 valence electrons. The first-order valence-corrected chi connectivity index (χ1v) is 6.17. The van der Waals surface area contributed by atoms with Crippen molar-refractivity contribution in [3.8, 4) is 0 Å². The Balaban J connectivity index is 0.00000180. The van der Waals surface area contributed by atoms with E-state index in [9.17, 15) is 9.90 Å². The molecule has 2 amide bonds. The third-order valence-electron chi connectivity index (χ3n) is 2.96. The predicted octanol–water partition coefficient (Wildman–Crippen LogP) is 1.52. The monoisotopic (exact) mass is 305 g/mol. The van der Waals surface area contributed by atoms with Crippen molar-refractivity contribution < 1.29 is 9.90 Å². The molecule has 1 aromatic rings. The van der Waals surface area contributed by atoms with Crippen LogP contribution in [0.1, 0.15) is 5.56 Å². The molecule has 0 spiro atoms. The Morgan fingerprint density at radius 3 is 2.79 bits per heavy atom. The first kappa shape index (κ1) is 16.0. The minimum absolute atomic E-state index is 0. The number of hydrogen-bond acceptors (Lipinski definition) is 3. The van der Waals surface area contributed by atoms with Crippen LogP contribution in [0.15, 0.2) is 18.2 Å². The van der Waals surface area contributed by atoms with Gasteiger partial charge in [0.1, 0.15) is 0 Å². The highest BCUT2D eigenvalue weighted by molar-refractivity contribution is 6.33. The van der Waals surface area contributed by atoms with Crippen LogP contribution in [-0.2, 0) is 0 Å². The molecule has 0 bridgehead atoms. The molecule has 0 aromatic heterocycles. The first-order valence-electron chi connectivity index (χ1n) is 5.79. The number of urea groups is 1. The quantitative estimate of drug-likeness (QED) is 0.669. The molecule has 0 unspecified atom stereocenters. The molecule has 1 aromatic carbocycles. The molecular weight excluding hydrogens is 289 g/mol. The molecule has 2 atom stereocenters. The molecule has 0 saturated carbocycles. The van der Waals surface area contributed by atoms with Crippen LogP contribution in [0.2, 0.25) is 5.02 Å². The summed E-state index contributed by atoms with van der Waals surface area (Å²) in [5.41, 5.74) is 1.49. The summed E-state index contributed by atoms with van der Waals surface area (Å²) in [6.45, 7) is 2.93. The van der Waals surface area contributed by atoms with Gasteiger partial charge in [0.2, 0.25) is 0 Å². The molecule has 19 heavy (non-hydrogen) atoms. The number of β-amino-alcohol motifs (C(OH)–C–C–N with tert-alkyl or cyclic N) is 1. The van der Waals surface area contributed by atoms with E-state index >= 15 is 0 Å². The van der Waals surface area contributed by atoms with Crippen molar-refractivity contribution in [2.24, 2.45) is 0 Å². The number of rotatable bonds is 2. The second-order valence-electron chi connectivity index (χ2n) is 4.36. The van der Waals surface area contributed by atoms with E-state index in [1.807, 2.05) is 19.1 Å². The Morgan fingerprint density at radius 2 is 2.21 bits per heavy atom. The van der Waals surface area contributed by atoms with E-state index in [0.717, 1.165) is 5.56 Å².